The van der Waals surface area contributed by atoms with E-state index < -0.39 is 0 Å². The van der Waals surface area contributed by atoms with E-state index in [1.807, 2.05) is 7.05 Å². The molecule has 2 aliphatic heterocycles. The van der Waals surface area contributed by atoms with Crippen LogP contribution < -0.4 is 10.2 Å². The largest absolute Gasteiger partial charge is 0.379 e. The number of piperidine rings is 1. The molecule has 2 heterocycles. The van der Waals surface area contributed by atoms with Crippen LogP contribution in [0, 0.1) is 5.92 Å². The number of nitrogens with zero attached hydrogens (tertiary/aromatic N) is 4. The maximum absolute atomic E-state index is 5.44. The molecule has 3 rings (SSSR count). The molecule has 0 saturated carbocycles. The first-order chi connectivity index (χ1) is 14.2. The standard InChI is InChI=1S/C23H39N5O/c1-20(18-27-13-15-29-16-14-27)17-25-23(24-2)26(3)19-21-7-9-22(10-8-21)28-11-5-4-6-12-28/h7-10,20H,4-6,11-19H2,1-3H3,(H,24,25). The summed E-state index contributed by atoms with van der Waals surface area (Å²) in [5.74, 6) is 1.53. The molecule has 0 spiro atoms. The Morgan fingerprint density at radius 1 is 1.10 bits per heavy atom. The van der Waals surface area contributed by atoms with Gasteiger partial charge in [0.15, 0.2) is 5.96 Å². The van der Waals surface area contributed by atoms with Crippen LogP contribution in [0.5, 0.6) is 0 Å². The van der Waals surface area contributed by atoms with Crippen LogP contribution in [0.1, 0.15) is 31.7 Å². The molecule has 1 atom stereocenters. The predicted molar refractivity (Wildman–Crippen MR) is 122 cm³/mol. The second-order valence-electron chi connectivity index (χ2n) is 8.52. The molecule has 6 nitrogen and oxygen atoms in total. The highest BCUT2D eigenvalue weighted by Gasteiger charge is 2.15. The fourth-order valence-corrected chi connectivity index (χ4v) is 4.25. The zero-order valence-corrected chi connectivity index (χ0v) is 18.6. The number of aliphatic imine (C=N–C) groups is 1. The molecule has 6 heteroatoms. The van der Waals surface area contributed by atoms with E-state index in [0.29, 0.717) is 5.92 Å². The molecule has 0 amide bonds. The third kappa shape index (κ3) is 6.89. The molecule has 1 N–H and O–H groups in total. The van der Waals surface area contributed by atoms with E-state index in [1.54, 1.807) is 0 Å². The van der Waals surface area contributed by atoms with Crippen molar-refractivity contribution in [3.8, 4) is 0 Å². The van der Waals surface area contributed by atoms with E-state index >= 15 is 0 Å². The Bertz CT molecular complexity index is 621. The fourth-order valence-electron chi connectivity index (χ4n) is 4.25. The Hall–Kier alpha value is -1.79. The molecular weight excluding hydrogens is 362 g/mol. The number of morpholine rings is 1. The third-order valence-electron chi connectivity index (χ3n) is 5.93. The minimum atomic E-state index is 0.571. The second-order valence-corrected chi connectivity index (χ2v) is 8.52. The van der Waals surface area contributed by atoms with Crippen molar-refractivity contribution in [1.82, 2.24) is 15.1 Å². The number of nitrogens with one attached hydrogen (secondary N) is 1. The summed E-state index contributed by atoms with van der Waals surface area (Å²) in [6.45, 7) is 11.4. The van der Waals surface area contributed by atoms with Gasteiger partial charge in [-0.3, -0.25) is 9.89 Å². The summed E-state index contributed by atoms with van der Waals surface area (Å²) in [5, 5.41) is 3.55. The molecule has 0 bridgehead atoms. The smallest absolute Gasteiger partial charge is 0.193 e. The number of guanidine groups is 1. The molecule has 1 aromatic rings. The van der Waals surface area contributed by atoms with Gasteiger partial charge in [0, 0.05) is 65.6 Å². The lowest BCUT2D eigenvalue weighted by molar-refractivity contribution is 0.0320. The molecule has 1 aromatic carbocycles. The maximum atomic E-state index is 5.44. The van der Waals surface area contributed by atoms with Gasteiger partial charge in [-0.1, -0.05) is 19.1 Å². The average Bonchev–Trinajstić information content (AvgIpc) is 2.76. The minimum absolute atomic E-state index is 0.571. The van der Waals surface area contributed by atoms with Crippen molar-refractivity contribution in [1.29, 1.82) is 0 Å². The van der Waals surface area contributed by atoms with E-state index in [0.717, 1.165) is 51.9 Å². The van der Waals surface area contributed by atoms with Gasteiger partial charge in [-0.05, 0) is 42.9 Å². The van der Waals surface area contributed by atoms with Crippen LogP contribution in [0.2, 0.25) is 0 Å². The van der Waals surface area contributed by atoms with Crippen LogP contribution in [0.4, 0.5) is 5.69 Å². The van der Waals surface area contributed by atoms with Gasteiger partial charge in [-0.2, -0.15) is 0 Å². The van der Waals surface area contributed by atoms with Crippen molar-refractivity contribution in [3.63, 3.8) is 0 Å². The van der Waals surface area contributed by atoms with Crippen molar-refractivity contribution in [2.24, 2.45) is 10.9 Å². The van der Waals surface area contributed by atoms with Crippen LogP contribution in [-0.4, -0.2) is 82.3 Å². The highest BCUT2D eigenvalue weighted by Crippen LogP contribution is 2.20. The molecule has 0 aliphatic carbocycles. The quantitative estimate of drug-likeness (QED) is 0.562. The number of benzene rings is 1. The van der Waals surface area contributed by atoms with Crippen molar-refractivity contribution in [3.05, 3.63) is 29.8 Å². The Balaban J connectivity index is 1.44. The SMILES string of the molecule is CN=C(NCC(C)CN1CCOCC1)N(C)Cc1ccc(N2CCCCC2)cc1. The van der Waals surface area contributed by atoms with Crippen molar-refractivity contribution < 1.29 is 4.74 Å². The van der Waals surface area contributed by atoms with Crippen LogP contribution in [-0.2, 0) is 11.3 Å². The summed E-state index contributed by atoms with van der Waals surface area (Å²) in [4.78, 5) is 11.7. The predicted octanol–water partition coefficient (Wildman–Crippen LogP) is 2.65. The zero-order valence-electron chi connectivity index (χ0n) is 18.6. The molecule has 2 aliphatic rings. The van der Waals surface area contributed by atoms with Crippen LogP contribution >= 0.6 is 0 Å². The molecular formula is C23H39N5O. The minimum Gasteiger partial charge on any atom is -0.379 e. The molecule has 1 unspecified atom stereocenters. The van der Waals surface area contributed by atoms with Crippen LogP contribution in [0.3, 0.4) is 0 Å². The van der Waals surface area contributed by atoms with Gasteiger partial charge in [0.05, 0.1) is 13.2 Å². The van der Waals surface area contributed by atoms with Crippen LogP contribution in [0.25, 0.3) is 0 Å². The van der Waals surface area contributed by atoms with Gasteiger partial charge in [0.1, 0.15) is 0 Å². The Labute approximate surface area is 176 Å². The number of rotatable bonds is 7. The lowest BCUT2D eigenvalue weighted by Gasteiger charge is -2.30. The van der Waals surface area contributed by atoms with E-state index in [-0.39, 0.29) is 0 Å². The van der Waals surface area contributed by atoms with Crippen molar-refractivity contribution in [2.75, 3.05) is 71.5 Å². The summed E-state index contributed by atoms with van der Waals surface area (Å²) in [5.41, 5.74) is 2.67. The van der Waals surface area contributed by atoms with Gasteiger partial charge in [-0.25, -0.2) is 0 Å². The third-order valence-corrected chi connectivity index (χ3v) is 5.93. The lowest BCUT2D eigenvalue weighted by Crippen LogP contribution is -2.44. The Morgan fingerprint density at radius 2 is 1.79 bits per heavy atom. The van der Waals surface area contributed by atoms with Gasteiger partial charge < -0.3 is 19.9 Å². The van der Waals surface area contributed by atoms with Gasteiger partial charge in [0.2, 0.25) is 0 Å². The number of anilines is 1. The summed E-state index contributed by atoms with van der Waals surface area (Å²) in [6, 6.07) is 9.06. The van der Waals surface area contributed by atoms with Crippen molar-refractivity contribution >= 4 is 11.6 Å². The molecule has 0 aromatic heterocycles. The van der Waals surface area contributed by atoms with E-state index in [9.17, 15) is 0 Å². The van der Waals surface area contributed by atoms with Crippen molar-refractivity contribution in [2.45, 2.75) is 32.7 Å². The lowest BCUT2D eigenvalue weighted by atomic mass is 10.1. The molecule has 162 valence electrons. The fraction of sp³-hybridized carbons (Fsp3) is 0.696. The number of hydrogen-bond donors (Lipinski definition) is 1. The highest BCUT2D eigenvalue weighted by atomic mass is 16.5. The Morgan fingerprint density at radius 3 is 2.45 bits per heavy atom. The average molecular weight is 402 g/mol. The zero-order chi connectivity index (χ0) is 20.5. The monoisotopic (exact) mass is 401 g/mol. The van der Waals surface area contributed by atoms with Gasteiger partial charge >= 0.3 is 0 Å². The summed E-state index contributed by atoms with van der Waals surface area (Å²) < 4.78 is 5.44. The molecule has 0 radical (unpaired) electrons. The molecule has 2 fully saturated rings. The number of hydrogen-bond acceptors (Lipinski definition) is 4. The highest BCUT2D eigenvalue weighted by molar-refractivity contribution is 5.79. The maximum Gasteiger partial charge on any atom is 0.193 e. The summed E-state index contributed by atoms with van der Waals surface area (Å²) in [7, 11) is 3.98. The normalized spacial score (nSPS) is 19.8. The van der Waals surface area contributed by atoms with Crippen LogP contribution in [0.15, 0.2) is 29.3 Å². The van der Waals surface area contributed by atoms with E-state index in [2.05, 4.69) is 63.2 Å². The molecule has 29 heavy (non-hydrogen) atoms. The second kappa shape index (κ2) is 11.4. The number of ether oxygens (including phenoxy) is 1. The van der Waals surface area contributed by atoms with E-state index in [4.69, 9.17) is 4.74 Å². The summed E-state index contributed by atoms with van der Waals surface area (Å²) >= 11 is 0. The first-order valence-corrected chi connectivity index (χ1v) is 11.2. The van der Waals surface area contributed by atoms with Gasteiger partial charge in [0.25, 0.3) is 0 Å². The Kier molecular flexibility index (Phi) is 8.62. The molecule has 2 saturated heterocycles. The summed E-state index contributed by atoms with van der Waals surface area (Å²) in [6.07, 6.45) is 4.00. The topological polar surface area (TPSA) is 43.3 Å². The first kappa shape index (κ1) is 21.9. The van der Waals surface area contributed by atoms with Gasteiger partial charge in [-0.15, -0.1) is 0 Å². The first-order valence-electron chi connectivity index (χ1n) is 11.2. The van der Waals surface area contributed by atoms with E-state index in [1.165, 1.54) is 43.6 Å².